The van der Waals surface area contributed by atoms with Crippen LogP contribution in [0.3, 0.4) is 0 Å². The summed E-state index contributed by atoms with van der Waals surface area (Å²) in [6, 6.07) is 8.19. The lowest BCUT2D eigenvalue weighted by atomic mass is 10.2. The molecule has 1 N–H and O–H groups in total. The van der Waals surface area contributed by atoms with Crippen LogP contribution in [0.2, 0.25) is 0 Å². The van der Waals surface area contributed by atoms with Gasteiger partial charge < -0.3 is 14.8 Å². The number of nitrogens with zero attached hydrogens (tertiary/aromatic N) is 6. The molecule has 0 spiro atoms. The minimum atomic E-state index is 0.252. The lowest BCUT2D eigenvalue weighted by Crippen LogP contribution is -2.19. The van der Waals surface area contributed by atoms with Crippen molar-refractivity contribution < 1.29 is 0 Å². The first-order valence-electron chi connectivity index (χ1n) is 8.54. The number of hydrogen-bond acceptors (Lipinski definition) is 6. The van der Waals surface area contributed by atoms with Gasteiger partial charge in [0.1, 0.15) is 11.6 Å². The summed E-state index contributed by atoms with van der Waals surface area (Å²) >= 11 is 0. The fourth-order valence-electron chi connectivity index (χ4n) is 2.68. The lowest BCUT2D eigenvalue weighted by molar-refractivity contribution is 0.710. The van der Waals surface area contributed by atoms with Gasteiger partial charge in [0.05, 0.1) is 11.0 Å². The van der Waals surface area contributed by atoms with E-state index in [0.29, 0.717) is 11.9 Å². The summed E-state index contributed by atoms with van der Waals surface area (Å²) in [5.74, 6) is 3.35. The third kappa shape index (κ3) is 3.70. The molecule has 25 heavy (non-hydrogen) atoms. The Morgan fingerprint density at radius 2 is 1.84 bits per heavy atom. The summed E-state index contributed by atoms with van der Waals surface area (Å²) in [5.41, 5.74) is 2.17. The highest BCUT2D eigenvalue weighted by Gasteiger charge is 2.11. The molecule has 0 aliphatic rings. The average molecular weight is 339 g/mol. The van der Waals surface area contributed by atoms with Crippen molar-refractivity contribution in [2.24, 2.45) is 0 Å². The van der Waals surface area contributed by atoms with Gasteiger partial charge in [0, 0.05) is 33.1 Å². The minimum absolute atomic E-state index is 0.252. The third-order valence-electron chi connectivity index (χ3n) is 4.02. The standard InChI is InChI=1S/C18H25N7/c1-12(2)16-21-17(23-18(22-16)24(4)5)19-10-11-25-13(3)20-14-8-6-7-9-15(14)25/h6-9,12H,10-11H2,1-5H3,(H,19,21,22,23). The van der Waals surface area contributed by atoms with Crippen LogP contribution in [0.25, 0.3) is 11.0 Å². The molecule has 7 heteroatoms. The van der Waals surface area contributed by atoms with E-state index in [1.807, 2.05) is 44.1 Å². The van der Waals surface area contributed by atoms with E-state index >= 15 is 0 Å². The number of fused-ring (bicyclic) bond motifs is 1. The summed E-state index contributed by atoms with van der Waals surface area (Å²) < 4.78 is 2.21. The van der Waals surface area contributed by atoms with Gasteiger partial charge in [0.15, 0.2) is 0 Å². The van der Waals surface area contributed by atoms with Crippen LogP contribution in [0.5, 0.6) is 0 Å². The highest BCUT2D eigenvalue weighted by Crippen LogP contribution is 2.16. The van der Waals surface area contributed by atoms with Crippen LogP contribution in [-0.4, -0.2) is 45.1 Å². The largest absolute Gasteiger partial charge is 0.352 e. The van der Waals surface area contributed by atoms with Crippen molar-refractivity contribution in [2.75, 3.05) is 30.9 Å². The maximum Gasteiger partial charge on any atom is 0.229 e. The Hall–Kier alpha value is -2.70. The molecule has 0 unspecified atom stereocenters. The second-order valence-electron chi connectivity index (χ2n) is 6.59. The van der Waals surface area contributed by atoms with Crippen molar-refractivity contribution in [1.82, 2.24) is 24.5 Å². The average Bonchev–Trinajstić information content (AvgIpc) is 2.90. The van der Waals surface area contributed by atoms with Crippen molar-refractivity contribution in [2.45, 2.75) is 33.2 Å². The highest BCUT2D eigenvalue weighted by atomic mass is 15.3. The van der Waals surface area contributed by atoms with Crippen molar-refractivity contribution in [3.8, 4) is 0 Å². The molecule has 2 aromatic heterocycles. The molecular weight excluding hydrogens is 314 g/mol. The number of nitrogens with one attached hydrogen (secondary N) is 1. The molecule has 2 heterocycles. The lowest BCUT2D eigenvalue weighted by Gasteiger charge is -2.15. The molecule has 3 rings (SSSR count). The molecule has 132 valence electrons. The van der Waals surface area contributed by atoms with Gasteiger partial charge in [-0.2, -0.15) is 15.0 Å². The number of hydrogen-bond donors (Lipinski definition) is 1. The molecule has 3 aromatic rings. The number of imidazole rings is 1. The topological polar surface area (TPSA) is 71.8 Å². The predicted octanol–water partition coefficient (Wildman–Crippen LogP) is 2.83. The molecule has 0 aliphatic heterocycles. The molecule has 1 aromatic carbocycles. The molecule has 0 aliphatic carbocycles. The van der Waals surface area contributed by atoms with E-state index < -0.39 is 0 Å². The van der Waals surface area contributed by atoms with Crippen LogP contribution in [0.1, 0.15) is 31.4 Å². The van der Waals surface area contributed by atoms with Gasteiger partial charge in [0.2, 0.25) is 11.9 Å². The van der Waals surface area contributed by atoms with Gasteiger partial charge in [-0.05, 0) is 19.1 Å². The molecule has 0 saturated carbocycles. The van der Waals surface area contributed by atoms with Gasteiger partial charge in [-0.25, -0.2) is 4.98 Å². The second kappa shape index (κ2) is 7.04. The Bertz CT molecular complexity index is 841. The normalized spacial score (nSPS) is 11.3. The van der Waals surface area contributed by atoms with Crippen LogP contribution in [-0.2, 0) is 6.54 Å². The molecule has 0 bridgehead atoms. The highest BCUT2D eigenvalue weighted by molar-refractivity contribution is 5.75. The molecule has 0 amide bonds. The summed E-state index contributed by atoms with van der Waals surface area (Å²) in [6.45, 7) is 7.71. The van der Waals surface area contributed by atoms with E-state index in [9.17, 15) is 0 Å². The van der Waals surface area contributed by atoms with E-state index in [0.717, 1.165) is 35.8 Å². The first kappa shape index (κ1) is 17.1. The van der Waals surface area contributed by atoms with E-state index in [1.165, 1.54) is 0 Å². The van der Waals surface area contributed by atoms with Gasteiger partial charge >= 0.3 is 0 Å². The van der Waals surface area contributed by atoms with Gasteiger partial charge in [-0.15, -0.1) is 0 Å². The summed E-state index contributed by atoms with van der Waals surface area (Å²) in [7, 11) is 3.87. The zero-order valence-electron chi connectivity index (χ0n) is 15.5. The van der Waals surface area contributed by atoms with Crippen LogP contribution in [0.4, 0.5) is 11.9 Å². The van der Waals surface area contributed by atoms with Crippen molar-refractivity contribution in [1.29, 1.82) is 0 Å². The monoisotopic (exact) mass is 339 g/mol. The van der Waals surface area contributed by atoms with Gasteiger partial charge in [-0.1, -0.05) is 26.0 Å². The summed E-state index contributed by atoms with van der Waals surface area (Å²) in [4.78, 5) is 20.0. The third-order valence-corrected chi connectivity index (χ3v) is 4.02. The van der Waals surface area contributed by atoms with Crippen LogP contribution >= 0.6 is 0 Å². The SMILES string of the molecule is Cc1nc2ccccc2n1CCNc1nc(C(C)C)nc(N(C)C)n1. The smallest absolute Gasteiger partial charge is 0.229 e. The number of benzene rings is 1. The fourth-order valence-corrected chi connectivity index (χ4v) is 2.68. The van der Waals surface area contributed by atoms with Crippen LogP contribution in [0, 0.1) is 6.92 Å². The molecule has 0 fully saturated rings. The van der Waals surface area contributed by atoms with Crippen molar-refractivity contribution in [3.63, 3.8) is 0 Å². The maximum absolute atomic E-state index is 4.60. The second-order valence-corrected chi connectivity index (χ2v) is 6.59. The molecule has 7 nitrogen and oxygen atoms in total. The van der Waals surface area contributed by atoms with Crippen LogP contribution in [0.15, 0.2) is 24.3 Å². The first-order chi connectivity index (χ1) is 12.0. The quantitative estimate of drug-likeness (QED) is 0.744. The number of aromatic nitrogens is 5. The van der Waals surface area contributed by atoms with Crippen molar-refractivity contribution in [3.05, 3.63) is 35.9 Å². The number of rotatable bonds is 6. The Labute approximate surface area is 148 Å². The van der Waals surface area contributed by atoms with E-state index in [-0.39, 0.29) is 5.92 Å². The molecule has 0 radical (unpaired) electrons. The zero-order chi connectivity index (χ0) is 18.0. The Morgan fingerprint density at radius 3 is 2.56 bits per heavy atom. The van der Waals surface area contributed by atoms with Crippen molar-refractivity contribution >= 4 is 22.9 Å². The van der Waals surface area contributed by atoms with Gasteiger partial charge in [-0.3, -0.25) is 0 Å². The fraction of sp³-hybridized carbons (Fsp3) is 0.444. The summed E-state index contributed by atoms with van der Waals surface area (Å²) in [6.07, 6.45) is 0. The molecule has 0 saturated heterocycles. The van der Waals surface area contributed by atoms with Crippen LogP contribution < -0.4 is 10.2 Å². The molecule has 0 atom stereocenters. The van der Waals surface area contributed by atoms with Gasteiger partial charge in [0.25, 0.3) is 0 Å². The molecular formula is C18H25N7. The maximum atomic E-state index is 4.60. The predicted molar refractivity (Wildman–Crippen MR) is 101 cm³/mol. The van der Waals surface area contributed by atoms with E-state index in [1.54, 1.807) is 0 Å². The zero-order valence-corrected chi connectivity index (χ0v) is 15.5. The Balaban J connectivity index is 1.76. The minimum Gasteiger partial charge on any atom is -0.352 e. The number of anilines is 2. The summed E-state index contributed by atoms with van der Waals surface area (Å²) in [5, 5.41) is 3.33. The number of aryl methyl sites for hydroxylation is 1. The van der Waals surface area contributed by atoms with E-state index in [4.69, 9.17) is 0 Å². The Morgan fingerprint density at radius 1 is 1.08 bits per heavy atom. The Kier molecular flexibility index (Phi) is 4.83. The van der Waals surface area contributed by atoms with E-state index in [2.05, 4.69) is 49.7 Å². The first-order valence-corrected chi connectivity index (χ1v) is 8.54. The number of para-hydroxylation sites is 2.